The predicted molar refractivity (Wildman–Crippen MR) is 62.7 cm³/mol. The molecule has 4 unspecified atom stereocenters. The monoisotopic (exact) mass is 242 g/mol. The zero-order valence-corrected chi connectivity index (χ0v) is 10.8. The Morgan fingerprint density at radius 2 is 2.18 bits per heavy atom. The summed E-state index contributed by atoms with van der Waals surface area (Å²) in [6.45, 7) is 5.57. The van der Waals surface area contributed by atoms with Crippen molar-refractivity contribution in [1.82, 2.24) is 0 Å². The average molecular weight is 242 g/mol. The summed E-state index contributed by atoms with van der Waals surface area (Å²) in [4.78, 5) is 11.6. The molecule has 0 amide bonds. The molecule has 2 fully saturated rings. The van der Waals surface area contributed by atoms with Crippen LogP contribution >= 0.6 is 0 Å². The van der Waals surface area contributed by atoms with E-state index in [1.54, 1.807) is 6.92 Å². The average Bonchev–Trinajstić information content (AvgIpc) is 2.76. The van der Waals surface area contributed by atoms with Crippen LogP contribution in [0, 0.1) is 11.3 Å². The Morgan fingerprint density at radius 1 is 1.53 bits per heavy atom. The second-order valence-corrected chi connectivity index (χ2v) is 6.18. The van der Waals surface area contributed by atoms with Crippen molar-refractivity contribution in [2.75, 3.05) is 0 Å². The highest BCUT2D eigenvalue weighted by Gasteiger charge is 2.59. The molecule has 0 saturated carbocycles. The molecule has 2 aliphatic rings. The molecule has 0 radical (unpaired) electrons. The molecule has 98 valence electrons. The van der Waals surface area contributed by atoms with Gasteiger partial charge < -0.3 is 14.9 Å². The van der Waals surface area contributed by atoms with E-state index in [-0.39, 0.29) is 24.5 Å². The normalized spacial score (nSPS) is 39.6. The molecular formula is C13H22O4. The second-order valence-electron chi connectivity index (χ2n) is 6.18. The van der Waals surface area contributed by atoms with Gasteiger partial charge in [-0.05, 0) is 38.5 Å². The summed E-state index contributed by atoms with van der Waals surface area (Å²) in [5, 5.41) is 19.9. The number of carboxylic acid groups (broad SMARTS) is 1. The third-order valence-corrected chi connectivity index (χ3v) is 4.66. The van der Waals surface area contributed by atoms with Crippen LogP contribution in [0.5, 0.6) is 0 Å². The van der Waals surface area contributed by atoms with E-state index >= 15 is 0 Å². The highest BCUT2D eigenvalue weighted by Crippen LogP contribution is 2.52. The van der Waals surface area contributed by atoms with Crippen molar-refractivity contribution in [3.8, 4) is 0 Å². The van der Waals surface area contributed by atoms with Gasteiger partial charge >= 0.3 is 5.97 Å². The maximum absolute atomic E-state index is 11.6. The zero-order chi connectivity index (χ0) is 12.8. The summed E-state index contributed by atoms with van der Waals surface area (Å²) < 4.78 is 5.68. The van der Waals surface area contributed by atoms with Crippen molar-refractivity contribution in [2.45, 2.75) is 64.3 Å². The van der Waals surface area contributed by atoms with Gasteiger partial charge in [-0.15, -0.1) is 0 Å². The summed E-state index contributed by atoms with van der Waals surface area (Å²) in [7, 11) is 0. The lowest BCUT2D eigenvalue weighted by Gasteiger charge is -2.39. The molecule has 2 heterocycles. The molecule has 0 aromatic heterocycles. The van der Waals surface area contributed by atoms with Gasteiger partial charge in [-0.1, -0.05) is 13.8 Å². The van der Waals surface area contributed by atoms with E-state index < -0.39 is 17.0 Å². The van der Waals surface area contributed by atoms with Gasteiger partial charge in [-0.25, -0.2) is 0 Å². The summed E-state index contributed by atoms with van der Waals surface area (Å²) in [6.07, 6.45) is 2.48. The van der Waals surface area contributed by atoms with Crippen molar-refractivity contribution in [1.29, 1.82) is 0 Å². The van der Waals surface area contributed by atoms with Gasteiger partial charge in [0.1, 0.15) is 0 Å². The summed E-state index contributed by atoms with van der Waals surface area (Å²) in [5.41, 5.74) is -1.83. The summed E-state index contributed by atoms with van der Waals surface area (Å²) in [5.74, 6) is -0.775. The minimum Gasteiger partial charge on any atom is -0.481 e. The van der Waals surface area contributed by atoms with Crippen LogP contribution in [0.1, 0.15) is 46.5 Å². The van der Waals surface area contributed by atoms with Gasteiger partial charge in [0, 0.05) is 0 Å². The summed E-state index contributed by atoms with van der Waals surface area (Å²) >= 11 is 0. The lowest BCUT2D eigenvalue weighted by molar-refractivity contribution is -0.159. The van der Waals surface area contributed by atoms with Crippen molar-refractivity contribution < 1.29 is 19.7 Å². The van der Waals surface area contributed by atoms with Crippen molar-refractivity contribution in [3.63, 3.8) is 0 Å². The Kier molecular flexibility index (Phi) is 2.99. The molecule has 17 heavy (non-hydrogen) atoms. The molecule has 0 aromatic rings. The first-order valence-electron chi connectivity index (χ1n) is 6.39. The van der Waals surface area contributed by atoms with E-state index in [1.165, 1.54) is 0 Å². The Labute approximate surface area is 102 Å². The smallest absolute Gasteiger partial charge is 0.312 e. The first-order valence-corrected chi connectivity index (χ1v) is 6.39. The van der Waals surface area contributed by atoms with Crippen molar-refractivity contribution >= 4 is 5.97 Å². The van der Waals surface area contributed by atoms with Gasteiger partial charge in [0.25, 0.3) is 0 Å². The molecule has 4 heteroatoms. The molecule has 2 aliphatic heterocycles. The van der Waals surface area contributed by atoms with Gasteiger partial charge in [0.05, 0.1) is 23.2 Å². The first-order chi connectivity index (χ1) is 7.78. The molecular weight excluding hydrogens is 220 g/mol. The lowest BCUT2D eigenvalue weighted by atomic mass is 9.66. The lowest BCUT2D eigenvalue weighted by Crippen LogP contribution is -2.48. The standard InChI is InChI=1S/C13H22O4/c1-8(2)12(3,16)7-13(11(14)15)6-9-4-5-10(13)17-9/h8-10,16H,4-7H2,1-3H3,(H,14,15). The number of rotatable bonds is 4. The molecule has 0 spiro atoms. The third-order valence-electron chi connectivity index (χ3n) is 4.66. The van der Waals surface area contributed by atoms with Crippen LogP contribution in [0.4, 0.5) is 0 Å². The molecule has 4 nitrogen and oxygen atoms in total. The van der Waals surface area contributed by atoms with E-state index in [0.29, 0.717) is 6.42 Å². The number of carbonyl (C=O) groups is 1. The van der Waals surface area contributed by atoms with Crippen LogP contribution in [0.3, 0.4) is 0 Å². The minimum atomic E-state index is -0.952. The molecule has 2 bridgehead atoms. The highest BCUT2D eigenvalue weighted by atomic mass is 16.5. The van der Waals surface area contributed by atoms with E-state index in [4.69, 9.17) is 4.74 Å². The Balaban J connectivity index is 2.23. The number of fused-ring (bicyclic) bond motifs is 2. The van der Waals surface area contributed by atoms with Crippen LogP contribution < -0.4 is 0 Å². The summed E-state index contributed by atoms with van der Waals surface area (Å²) in [6, 6.07) is 0. The minimum absolute atomic E-state index is 0.0397. The molecule has 0 aliphatic carbocycles. The van der Waals surface area contributed by atoms with Crippen LogP contribution in [-0.4, -0.2) is 34.0 Å². The predicted octanol–water partition coefficient (Wildman–Crippen LogP) is 1.81. The van der Waals surface area contributed by atoms with E-state index in [2.05, 4.69) is 0 Å². The second kappa shape index (κ2) is 3.95. The SMILES string of the molecule is CC(C)C(C)(O)CC1(C(=O)O)CC2CCC1O2. The van der Waals surface area contributed by atoms with Crippen LogP contribution in [0.25, 0.3) is 0 Å². The molecule has 4 atom stereocenters. The van der Waals surface area contributed by atoms with Crippen LogP contribution in [-0.2, 0) is 9.53 Å². The molecule has 2 rings (SSSR count). The fraction of sp³-hybridized carbons (Fsp3) is 0.923. The zero-order valence-electron chi connectivity index (χ0n) is 10.8. The molecule has 0 aromatic carbocycles. The topological polar surface area (TPSA) is 66.8 Å². The van der Waals surface area contributed by atoms with Gasteiger partial charge in [-0.3, -0.25) is 4.79 Å². The van der Waals surface area contributed by atoms with E-state index in [9.17, 15) is 15.0 Å². The van der Waals surface area contributed by atoms with Gasteiger partial charge in [0.2, 0.25) is 0 Å². The number of hydrogen-bond donors (Lipinski definition) is 2. The van der Waals surface area contributed by atoms with Gasteiger partial charge in [-0.2, -0.15) is 0 Å². The maximum Gasteiger partial charge on any atom is 0.312 e. The number of hydrogen-bond acceptors (Lipinski definition) is 3. The Bertz CT molecular complexity index is 323. The number of carboxylic acids is 1. The Hall–Kier alpha value is -0.610. The number of aliphatic hydroxyl groups is 1. The fourth-order valence-electron chi connectivity index (χ4n) is 3.13. The van der Waals surface area contributed by atoms with Crippen molar-refractivity contribution in [2.24, 2.45) is 11.3 Å². The van der Waals surface area contributed by atoms with Crippen molar-refractivity contribution in [3.05, 3.63) is 0 Å². The largest absolute Gasteiger partial charge is 0.481 e. The maximum atomic E-state index is 11.6. The first kappa shape index (κ1) is 12.8. The quantitative estimate of drug-likeness (QED) is 0.789. The number of ether oxygens (including phenoxy) is 1. The molecule has 2 saturated heterocycles. The Morgan fingerprint density at radius 3 is 2.53 bits per heavy atom. The van der Waals surface area contributed by atoms with Crippen LogP contribution in [0.15, 0.2) is 0 Å². The highest BCUT2D eigenvalue weighted by molar-refractivity contribution is 5.76. The van der Waals surface area contributed by atoms with E-state index in [0.717, 1.165) is 12.8 Å². The fourth-order valence-corrected chi connectivity index (χ4v) is 3.13. The number of aliphatic carboxylic acids is 1. The van der Waals surface area contributed by atoms with Crippen LogP contribution in [0.2, 0.25) is 0 Å². The molecule has 2 N–H and O–H groups in total. The van der Waals surface area contributed by atoms with E-state index in [1.807, 2.05) is 13.8 Å². The third kappa shape index (κ3) is 1.97. The van der Waals surface area contributed by atoms with Gasteiger partial charge in [0.15, 0.2) is 0 Å².